The second-order valence-corrected chi connectivity index (χ2v) is 31.8. The van der Waals surface area contributed by atoms with Gasteiger partial charge in [-0.05, 0) is 164 Å². The fraction of sp³-hybridized carbons (Fsp3) is 0.676. The average molecular weight is 1250 g/mol. The zero-order valence-electron chi connectivity index (χ0n) is 50.4. The number of carbonyl (C=O) groups is 3. The summed E-state index contributed by atoms with van der Waals surface area (Å²) in [5.74, 6) is -2.06. The number of fused-ring (bicyclic) bond motifs is 8. The summed E-state index contributed by atoms with van der Waals surface area (Å²) in [5, 5.41) is 116. The summed E-state index contributed by atoms with van der Waals surface area (Å²) in [5.41, 5.74) is 8.79. The number of aromatic nitrogens is 1. The highest BCUT2D eigenvalue weighted by atomic mass is 33.1. The van der Waals surface area contributed by atoms with E-state index < -0.39 is 142 Å². The highest BCUT2D eigenvalue weighted by molar-refractivity contribution is 8.76. The van der Waals surface area contributed by atoms with Gasteiger partial charge in [-0.1, -0.05) is 77.3 Å². The number of hydrogen-bond acceptors (Lipinski definition) is 17. The van der Waals surface area contributed by atoms with Gasteiger partial charge < -0.3 is 72.5 Å². The number of ether oxygens (including phenoxy) is 1. The number of cyclic esters (lactones) is 1. The third-order valence-electron chi connectivity index (χ3n) is 24.8. The van der Waals surface area contributed by atoms with Crippen molar-refractivity contribution in [1.29, 1.82) is 0 Å². The largest absolute Gasteiger partial charge is 0.508 e. The number of nitrogens with one attached hydrogen (secondary N) is 2. The van der Waals surface area contributed by atoms with Crippen LogP contribution in [0, 0.1) is 117 Å². The van der Waals surface area contributed by atoms with E-state index in [2.05, 4.69) is 52.3 Å². The van der Waals surface area contributed by atoms with Crippen molar-refractivity contribution in [2.24, 2.45) is 122 Å². The SMILES string of the molecule is CC1CCC2=CC3C=CC4C(C5COC(=O)C5c5cc[nH]c5)C#CCC5CC6(O)C7=C8NC(CO)C(=O)CC(c9ccc(O)cc9)CSSCC9C(O)C(O)CC(C)(C7C7CCC(CN=C(N)N)C6(C7)C5C(C)(O)C(O)CC(C(O)O)C3C4C2C1)C9C8=O. The molecule has 11 aliphatic rings. The molecule has 88 heavy (non-hydrogen) atoms. The summed E-state index contributed by atoms with van der Waals surface area (Å²) in [7, 11) is 2.95. The quantitative estimate of drug-likeness (QED) is 0.0337. The van der Waals surface area contributed by atoms with Gasteiger partial charge in [-0.2, -0.15) is 0 Å². The van der Waals surface area contributed by atoms with E-state index >= 15 is 14.7 Å². The summed E-state index contributed by atoms with van der Waals surface area (Å²) >= 11 is 0. The Bertz CT molecular complexity index is 3210. The number of allylic oxidation sites excluding steroid dienone is 5. The molecule has 26 atom stereocenters. The molecule has 3 heterocycles. The van der Waals surface area contributed by atoms with E-state index in [9.17, 15) is 45.6 Å². The van der Waals surface area contributed by atoms with Crippen molar-refractivity contribution in [3.8, 4) is 17.6 Å². The fourth-order valence-corrected chi connectivity index (χ4v) is 24.2. The van der Waals surface area contributed by atoms with Crippen LogP contribution in [0.3, 0.4) is 0 Å². The number of aliphatic hydroxyl groups is 8. The Kier molecular flexibility index (Phi) is 16.6. The number of carbonyl (C=O) groups excluding carboxylic acids is 3. The van der Waals surface area contributed by atoms with Gasteiger partial charge in [0.15, 0.2) is 23.8 Å². The molecule has 5 saturated carbocycles. The lowest BCUT2D eigenvalue weighted by atomic mass is 9.37. The van der Waals surface area contributed by atoms with Crippen molar-refractivity contribution in [2.45, 2.75) is 145 Å². The Morgan fingerprint density at radius 2 is 1.68 bits per heavy atom. The average Bonchev–Trinajstić information content (AvgIpc) is 1.31. The number of nitrogens with two attached hydrogens (primary N) is 2. The highest BCUT2D eigenvalue weighted by Crippen LogP contribution is 2.77. The zero-order valence-corrected chi connectivity index (χ0v) is 52.1. The molecule has 8 bridgehead atoms. The minimum absolute atomic E-state index is 0.00514. The molecule has 0 radical (unpaired) electrons. The molecule has 26 unspecified atom stereocenters. The van der Waals surface area contributed by atoms with E-state index in [0.717, 1.165) is 30.4 Å². The molecular weight excluding hydrogens is 1160 g/mol. The molecule has 2 saturated heterocycles. The van der Waals surface area contributed by atoms with Gasteiger partial charge in [0, 0.05) is 90.1 Å². The number of aliphatic hydroxyl groups excluding tert-OH is 5. The van der Waals surface area contributed by atoms with Crippen LogP contribution < -0.4 is 16.8 Å². The lowest BCUT2D eigenvalue weighted by molar-refractivity contribution is -0.233. The van der Waals surface area contributed by atoms with Gasteiger partial charge in [-0.3, -0.25) is 19.4 Å². The molecule has 20 heteroatoms. The van der Waals surface area contributed by atoms with Crippen molar-refractivity contribution < 1.29 is 65.1 Å². The number of aromatic amines is 1. The first-order valence-corrected chi connectivity index (χ1v) is 34.8. The van der Waals surface area contributed by atoms with Gasteiger partial charge in [0.25, 0.3) is 0 Å². The summed E-state index contributed by atoms with van der Waals surface area (Å²) in [6.07, 6.45) is 7.86. The minimum Gasteiger partial charge on any atom is -0.508 e. The van der Waals surface area contributed by atoms with Crippen LogP contribution >= 0.6 is 21.6 Å². The summed E-state index contributed by atoms with van der Waals surface area (Å²) in [6, 6.07) is 7.17. The minimum atomic E-state index is -2.13. The first kappa shape index (κ1) is 62.2. The number of nitrogens with zero attached hydrogens (tertiary/aromatic N) is 1. The Morgan fingerprint density at radius 1 is 0.909 bits per heavy atom. The van der Waals surface area contributed by atoms with Crippen LogP contribution in [0.15, 0.2) is 82.8 Å². The number of aliphatic imine (C=N–C) groups is 1. The molecule has 476 valence electrons. The Morgan fingerprint density at radius 3 is 2.41 bits per heavy atom. The van der Waals surface area contributed by atoms with E-state index in [1.54, 1.807) is 37.4 Å². The molecule has 0 amide bonds. The fourth-order valence-electron chi connectivity index (χ4n) is 21.4. The zero-order chi connectivity index (χ0) is 62.1. The van der Waals surface area contributed by atoms with Gasteiger partial charge in [0.2, 0.25) is 0 Å². The normalized spacial score (nSPS) is 46.4. The smallest absolute Gasteiger partial charge is 0.313 e. The lowest BCUT2D eigenvalue weighted by Crippen LogP contribution is -2.71. The van der Waals surface area contributed by atoms with Gasteiger partial charge in [-0.25, -0.2) is 0 Å². The number of ketones is 2. The maximum Gasteiger partial charge on any atom is 0.313 e. The van der Waals surface area contributed by atoms with Crippen LogP contribution in [0.1, 0.15) is 114 Å². The Balaban J connectivity index is 1.02. The maximum atomic E-state index is 16.5. The topological polar surface area (TPSA) is 335 Å². The second kappa shape index (κ2) is 23.5. The van der Waals surface area contributed by atoms with Gasteiger partial charge in [0.1, 0.15) is 11.8 Å². The summed E-state index contributed by atoms with van der Waals surface area (Å²) in [4.78, 5) is 53.4. The number of hydrogen-bond donors (Lipinski definition) is 13. The van der Waals surface area contributed by atoms with E-state index in [1.807, 2.05) is 19.2 Å². The van der Waals surface area contributed by atoms with Crippen LogP contribution in [-0.2, 0) is 19.1 Å². The number of phenols is 1. The van der Waals surface area contributed by atoms with Crippen LogP contribution in [0.4, 0.5) is 0 Å². The lowest BCUT2D eigenvalue weighted by Gasteiger charge is -2.69. The van der Waals surface area contributed by atoms with Crippen molar-refractivity contribution in [2.75, 3.05) is 31.3 Å². The molecule has 1 spiro atoms. The van der Waals surface area contributed by atoms with Crippen molar-refractivity contribution in [3.05, 3.63) is 88.9 Å². The number of benzene rings is 1. The molecule has 15 N–H and O–H groups in total. The number of esters is 1. The molecule has 2 aliphatic heterocycles. The monoisotopic (exact) mass is 1250 g/mol. The maximum absolute atomic E-state index is 16.5. The third kappa shape index (κ3) is 9.90. The second-order valence-electron chi connectivity index (χ2n) is 29.2. The Labute approximate surface area is 522 Å². The first-order valence-electron chi connectivity index (χ1n) is 32.3. The van der Waals surface area contributed by atoms with E-state index in [4.69, 9.17) is 16.2 Å². The number of guanidine groups is 1. The van der Waals surface area contributed by atoms with E-state index in [-0.39, 0.29) is 110 Å². The number of rotatable bonds is 7. The van der Waals surface area contributed by atoms with Crippen LogP contribution in [-0.4, -0.2) is 148 Å². The number of aromatic hydroxyl groups is 1. The molecule has 7 fully saturated rings. The van der Waals surface area contributed by atoms with E-state index in [0.29, 0.717) is 30.1 Å². The van der Waals surface area contributed by atoms with Crippen molar-refractivity contribution in [3.63, 3.8) is 0 Å². The van der Waals surface area contributed by atoms with Gasteiger partial charge >= 0.3 is 5.97 Å². The molecule has 18 nitrogen and oxygen atoms in total. The standard InChI is InChI=1S/C68H89N5O13S2/c1-32-7-8-34-20-35-12-16-43-42(46-29-86-63(83)53(46)38-17-18-71-26-38)6-4-5-37-24-68(85)57-55(36-9-13-40(27-72-64(69)70)67(68,23-36)61(37)66(3,84)51(78)22-45(62(81)82)52(35)54(43)44(34)19-32)65(2)25-50(77)59(79)47-31-88-87-30-39(33-10-14-41(75)15-11-33)21-49(76)48(28-74)73-58(57)60(80)56(47)65/h10-12,14-18,20,26,32,35-37,39-40,42-48,50-56,59,61-62,71,73-75,77-79,81-82,84-85H,5,7-9,13,19,21-25,27-31H2,1-3H3,(H4,69,70,72). The number of Topliss-reactive ketones (excluding diaryl/α,β-unsaturated/α-hetero) is 2. The molecule has 1 aromatic heterocycles. The number of H-pyrrole nitrogens is 1. The molecular formula is C68H89N5O13S2. The Hall–Kier alpha value is -4.66. The van der Waals surface area contributed by atoms with Gasteiger partial charge in [-0.15, -0.1) is 5.92 Å². The van der Waals surface area contributed by atoms with Crippen molar-refractivity contribution in [1.82, 2.24) is 10.3 Å². The first-order chi connectivity index (χ1) is 42.0. The van der Waals surface area contributed by atoms with E-state index in [1.165, 1.54) is 27.2 Å². The predicted octanol–water partition coefficient (Wildman–Crippen LogP) is 4.80. The molecule has 2 aromatic rings. The summed E-state index contributed by atoms with van der Waals surface area (Å²) in [6.45, 7) is 5.22. The summed E-state index contributed by atoms with van der Waals surface area (Å²) < 4.78 is 6.02. The van der Waals surface area contributed by atoms with Crippen LogP contribution in [0.25, 0.3) is 0 Å². The number of phenolic OH excluding ortho intramolecular Hbond substituents is 1. The highest BCUT2D eigenvalue weighted by Gasteiger charge is 2.79. The molecule has 13 rings (SSSR count). The van der Waals surface area contributed by atoms with Crippen LogP contribution in [0.5, 0.6) is 5.75 Å². The molecule has 1 aromatic carbocycles. The van der Waals surface area contributed by atoms with Gasteiger partial charge in [0.05, 0.1) is 54.3 Å². The molecule has 9 aliphatic carbocycles. The predicted molar refractivity (Wildman–Crippen MR) is 332 cm³/mol. The van der Waals surface area contributed by atoms with Crippen molar-refractivity contribution >= 4 is 45.1 Å². The third-order valence-corrected chi connectivity index (χ3v) is 27.4. The van der Waals surface area contributed by atoms with Crippen LogP contribution in [0.2, 0.25) is 0 Å².